The van der Waals surface area contributed by atoms with E-state index < -0.39 is 0 Å². The molecule has 150 valence electrons. The van der Waals surface area contributed by atoms with E-state index >= 15 is 0 Å². The highest BCUT2D eigenvalue weighted by Crippen LogP contribution is 2.34. The highest BCUT2D eigenvalue weighted by molar-refractivity contribution is 5.79. The molecule has 0 amide bonds. The first-order chi connectivity index (χ1) is 13.6. The maximum Gasteiger partial charge on any atom is 0.0510 e. The molecule has 1 aromatic carbocycles. The standard InChI is InChI=1S/C22H32N6/c1-5-17-12-22(20(13-21(17)23)18-14-25-26(4)16-18)28-10-8-27(9-11-28)19(6-2)15-24-7-3/h6-7,12-15,18H,3,5,8-11,16,23H2,1-2,4H3/b19-6+,24-15?. The summed E-state index contributed by atoms with van der Waals surface area (Å²) in [6.07, 6.45) is 8.56. The second-order valence-corrected chi connectivity index (χ2v) is 7.32. The number of likely N-dealkylation sites (N-methyl/N-ethyl adjacent to an activating group) is 1. The topological polar surface area (TPSA) is 60.5 Å². The Labute approximate surface area is 168 Å². The molecule has 6 nitrogen and oxygen atoms in total. The Morgan fingerprint density at radius 3 is 2.64 bits per heavy atom. The number of nitrogen functional groups attached to an aromatic ring is 1. The van der Waals surface area contributed by atoms with Gasteiger partial charge in [0.15, 0.2) is 0 Å². The summed E-state index contributed by atoms with van der Waals surface area (Å²) in [6, 6.07) is 4.47. The van der Waals surface area contributed by atoms with Gasteiger partial charge in [0.25, 0.3) is 0 Å². The van der Waals surface area contributed by atoms with Crippen molar-refractivity contribution in [2.45, 2.75) is 26.2 Å². The van der Waals surface area contributed by atoms with Gasteiger partial charge in [-0.2, -0.15) is 5.10 Å². The minimum atomic E-state index is 0.289. The SMILES string of the molecule is C=CN=C/C(=C\C)N1CCN(c2cc(CC)c(N)cc2C2C=NN(C)C2)CC1. The predicted molar refractivity (Wildman–Crippen MR) is 120 cm³/mol. The predicted octanol–water partition coefficient (Wildman–Crippen LogP) is 3.09. The van der Waals surface area contributed by atoms with Crippen molar-refractivity contribution in [1.29, 1.82) is 0 Å². The van der Waals surface area contributed by atoms with E-state index in [1.165, 1.54) is 16.8 Å². The lowest BCUT2D eigenvalue weighted by molar-refractivity contribution is 0.336. The van der Waals surface area contributed by atoms with E-state index in [-0.39, 0.29) is 5.92 Å². The first-order valence-electron chi connectivity index (χ1n) is 10.0. The summed E-state index contributed by atoms with van der Waals surface area (Å²) < 4.78 is 0. The van der Waals surface area contributed by atoms with Crippen LogP contribution in [0.1, 0.15) is 30.9 Å². The quantitative estimate of drug-likeness (QED) is 0.609. The van der Waals surface area contributed by atoms with Gasteiger partial charge in [-0.25, -0.2) is 0 Å². The molecule has 1 atom stereocenters. The van der Waals surface area contributed by atoms with E-state index in [1.807, 2.05) is 24.5 Å². The summed E-state index contributed by atoms with van der Waals surface area (Å²) in [5.74, 6) is 0.289. The minimum Gasteiger partial charge on any atom is -0.398 e. The maximum atomic E-state index is 6.34. The molecule has 28 heavy (non-hydrogen) atoms. The van der Waals surface area contributed by atoms with Crippen molar-refractivity contribution in [2.24, 2.45) is 10.1 Å². The Hall–Kier alpha value is -2.76. The molecule has 2 heterocycles. The third kappa shape index (κ3) is 4.21. The number of hydrogen-bond donors (Lipinski definition) is 1. The Morgan fingerprint density at radius 1 is 1.32 bits per heavy atom. The first-order valence-corrected chi connectivity index (χ1v) is 10.0. The average molecular weight is 381 g/mol. The number of aryl methyl sites for hydroxylation is 1. The van der Waals surface area contributed by atoms with Gasteiger partial charge in [0.2, 0.25) is 0 Å². The molecular formula is C22H32N6. The Balaban J connectivity index is 1.82. The normalized spacial score (nSPS) is 20.5. The summed E-state index contributed by atoms with van der Waals surface area (Å²) in [6.45, 7) is 12.7. The Morgan fingerprint density at radius 2 is 2.07 bits per heavy atom. The fraction of sp³-hybridized carbons (Fsp3) is 0.455. The zero-order valence-corrected chi connectivity index (χ0v) is 17.3. The monoisotopic (exact) mass is 380 g/mol. The molecule has 0 aromatic heterocycles. The molecule has 0 saturated carbocycles. The molecule has 1 aromatic rings. The molecule has 0 bridgehead atoms. The van der Waals surface area contributed by atoms with Crippen LogP contribution in [-0.2, 0) is 6.42 Å². The molecular weight excluding hydrogens is 348 g/mol. The van der Waals surface area contributed by atoms with E-state index in [4.69, 9.17) is 5.73 Å². The Bertz CT molecular complexity index is 786. The van der Waals surface area contributed by atoms with Gasteiger partial charge in [0.1, 0.15) is 0 Å². The molecule has 1 fully saturated rings. The number of hydrogen-bond acceptors (Lipinski definition) is 6. The smallest absolute Gasteiger partial charge is 0.0510 e. The second-order valence-electron chi connectivity index (χ2n) is 7.32. The molecule has 2 N–H and O–H groups in total. The molecule has 2 aliphatic heterocycles. The molecule has 1 unspecified atom stereocenters. The van der Waals surface area contributed by atoms with E-state index in [0.29, 0.717) is 0 Å². The number of hydrazone groups is 1. The fourth-order valence-corrected chi connectivity index (χ4v) is 3.97. The Kier molecular flexibility index (Phi) is 6.39. The first kappa shape index (κ1) is 20.0. The van der Waals surface area contributed by atoms with Crippen LogP contribution in [0.4, 0.5) is 11.4 Å². The average Bonchev–Trinajstić information content (AvgIpc) is 3.15. The van der Waals surface area contributed by atoms with Gasteiger partial charge in [-0.15, -0.1) is 0 Å². The van der Waals surface area contributed by atoms with Crippen LogP contribution in [0.5, 0.6) is 0 Å². The summed E-state index contributed by atoms with van der Waals surface area (Å²) in [5.41, 5.74) is 12.2. The third-order valence-corrected chi connectivity index (χ3v) is 5.57. The molecule has 3 rings (SSSR count). The molecule has 2 aliphatic rings. The van der Waals surface area contributed by atoms with Crippen molar-refractivity contribution in [3.8, 4) is 0 Å². The molecule has 1 saturated heterocycles. The van der Waals surface area contributed by atoms with Crippen LogP contribution in [0.3, 0.4) is 0 Å². The van der Waals surface area contributed by atoms with Crippen molar-refractivity contribution >= 4 is 23.8 Å². The van der Waals surface area contributed by atoms with Gasteiger partial charge in [-0.1, -0.05) is 19.6 Å². The fourth-order valence-electron chi connectivity index (χ4n) is 3.97. The van der Waals surface area contributed by atoms with Crippen molar-refractivity contribution in [2.75, 3.05) is 50.4 Å². The van der Waals surface area contributed by atoms with Crippen molar-refractivity contribution < 1.29 is 0 Å². The van der Waals surface area contributed by atoms with E-state index in [2.05, 4.69) is 58.5 Å². The van der Waals surface area contributed by atoms with Gasteiger partial charge < -0.3 is 15.5 Å². The van der Waals surface area contributed by atoms with Crippen LogP contribution < -0.4 is 10.6 Å². The second kappa shape index (κ2) is 8.95. The van der Waals surface area contributed by atoms with E-state index in [1.54, 1.807) is 6.20 Å². The maximum absolute atomic E-state index is 6.34. The molecule has 6 heteroatoms. The van der Waals surface area contributed by atoms with Crippen LogP contribution in [0.25, 0.3) is 0 Å². The van der Waals surface area contributed by atoms with E-state index in [0.717, 1.165) is 50.5 Å². The number of anilines is 2. The lowest BCUT2D eigenvalue weighted by Crippen LogP contribution is -2.46. The number of nitrogens with two attached hydrogens (primary N) is 1. The van der Waals surface area contributed by atoms with Crippen LogP contribution in [0.15, 0.2) is 46.8 Å². The van der Waals surface area contributed by atoms with E-state index in [9.17, 15) is 0 Å². The summed E-state index contributed by atoms with van der Waals surface area (Å²) >= 11 is 0. The minimum absolute atomic E-state index is 0.289. The highest BCUT2D eigenvalue weighted by atomic mass is 15.4. The van der Waals surface area contributed by atoms with Crippen molar-refractivity contribution in [1.82, 2.24) is 9.91 Å². The summed E-state index contributed by atoms with van der Waals surface area (Å²) in [5, 5.41) is 6.43. The van der Waals surface area contributed by atoms with Crippen LogP contribution in [0.2, 0.25) is 0 Å². The van der Waals surface area contributed by atoms with Gasteiger partial charge in [-0.3, -0.25) is 10.0 Å². The molecule has 0 aliphatic carbocycles. The third-order valence-electron chi connectivity index (χ3n) is 5.57. The summed E-state index contributed by atoms with van der Waals surface area (Å²) in [7, 11) is 2.02. The van der Waals surface area contributed by atoms with Gasteiger partial charge in [-0.05, 0) is 36.6 Å². The van der Waals surface area contributed by atoms with Crippen molar-refractivity contribution in [3.05, 3.63) is 47.8 Å². The number of nitrogens with zero attached hydrogens (tertiary/aromatic N) is 5. The van der Waals surface area contributed by atoms with Crippen molar-refractivity contribution in [3.63, 3.8) is 0 Å². The number of allylic oxidation sites excluding steroid dienone is 2. The van der Waals surface area contributed by atoms with Crippen LogP contribution in [-0.4, -0.2) is 62.1 Å². The van der Waals surface area contributed by atoms with Gasteiger partial charge in [0, 0.05) is 75.7 Å². The number of piperazine rings is 1. The van der Waals surface area contributed by atoms with Gasteiger partial charge >= 0.3 is 0 Å². The molecule has 0 radical (unpaired) electrons. The summed E-state index contributed by atoms with van der Waals surface area (Å²) in [4.78, 5) is 9.06. The zero-order valence-electron chi connectivity index (χ0n) is 17.3. The highest BCUT2D eigenvalue weighted by Gasteiger charge is 2.26. The molecule has 0 spiro atoms. The van der Waals surface area contributed by atoms with Crippen LogP contribution >= 0.6 is 0 Å². The largest absolute Gasteiger partial charge is 0.398 e. The number of rotatable bonds is 6. The lowest BCUT2D eigenvalue weighted by atomic mass is 9.94. The lowest BCUT2D eigenvalue weighted by Gasteiger charge is -2.39. The van der Waals surface area contributed by atoms with Gasteiger partial charge in [0.05, 0.1) is 5.70 Å². The zero-order chi connectivity index (χ0) is 20.1. The van der Waals surface area contributed by atoms with Crippen LogP contribution in [0, 0.1) is 0 Å². The number of benzene rings is 1. The number of aliphatic imine (C=N–C) groups is 1.